The third-order valence-corrected chi connectivity index (χ3v) is 3.77. The molecule has 9 heteroatoms. The highest BCUT2D eigenvalue weighted by molar-refractivity contribution is 6.05. The predicted octanol–water partition coefficient (Wildman–Crippen LogP) is 1.80. The van der Waals surface area contributed by atoms with Crippen LogP contribution in [0.4, 0.5) is 17.1 Å². The second kappa shape index (κ2) is 6.67. The van der Waals surface area contributed by atoms with Crippen LogP contribution in [0.2, 0.25) is 0 Å². The molecule has 0 unspecified atom stereocenters. The predicted molar refractivity (Wildman–Crippen MR) is 87.3 cm³/mol. The second-order valence-corrected chi connectivity index (χ2v) is 5.52. The Bertz CT molecular complexity index is 743. The minimum absolute atomic E-state index is 0.175. The number of rotatable bonds is 4. The number of carbonyl (C=O) groups is 1. The van der Waals surface area contributed by atoms with Crippen LogP contribution >= 0.6 is 0 Å². The molecule has 3 rings (SSSR count). The summed E-state index contributed by atoms with van der Waals surface area (Å²) in [6.45, 7) is 4.34. The molecule has 0 saturated carbocycles. The number of aromatic amines is 1. The highest BCUT2D eigenvalue weighted by Gasteiger charge is 2.23. The molecule has 9 nitrogen and oxygen atoms in total. The molecule has 1 aliphatic rings. The molecule has 0 radical (unpaired) electrons. The second-order valence-electron chi connectivity index (χ2n) is 5.52. The molecule has 24 heavy (non-hydrogen) atoms. The van der Waals surface area contributed by atoms with Gasteiger partial charge in [-0.3, -0.25) is 20.0 Å². The van der Waals surface area contributed by atoms with Gasteiger partial charge in [-0.2, -0.15) is 5.10 Å². The maximum atomic E-state index is 12.1. The molecular formula is C15H17N5O4. The van der Waals surface area contributed by atoms with Crippen molar-refractivity contribution < 1.29 is 14.5 Å². The Balaban J connectivity index is 1.69. The first kappa shape index (κ1) is 15.9. The van der Waals surface area contributed by atoms with E-state index in [0.29, 0.717) is 12.3 Å². The van der Waals surface area contributed by atoms with Gasteiger partial charge in [0.2, 0.25) is 5.69 Å². The van der Waals surface area contributed by atoms with Crippen molar-refractivity contribution in [1.82, 2.24) is 10.2 Å². The van der Waals surface area contributed by atoms with E-state index in [9.17, 15) is 14.9 Å². The molecule has 1 atom stereocenters. The molecule has 2 heterocycles. The van der Waals surface area contributed by atoms with Crippen LogP contribution in [-0.4, -0.2) is 46.8 Å². The van der Waals surface area contributed by atoms with Crippen LogP contribution in [-0.2, 0) is 4.74 Å². The van der Waals surface area contributed by atoms with Crippen molar-refractivity contribution in [2.24, 2.45) is 0 Å². The minimum Gasteiger partial charge on any atom is -0.375 e. The van der Waals surface area contributed by atoms with Gasteiger partial charge < -0.3 is 15.0 Å². The summed E-state index contributed by atoms with van der Waals surface area (Å²) in [7, 11) is 0. The molecule has 2 N–H and O–H groups in total. The summed E-state index contributed by atoms with van der Waals surface area (Å²) in [4.78, 5) is 24.5. The number of anilines is 2. The maximum absolute atomic E-state index is 12.1. The Hall–Kier alpha value is -2.94. The van der Waals surface area contributed by atoms with Gasteiger partial charge in [0, 0.05) is 24.5 Å². The van der Waals surface area contributed by atoms with Crippen LogP contribution in [0.15, 0.2) is 30.5 Å². The molecule has 2 aromatic rings. The fourth-order valence-electron chi connectivity index (χ4n) is 2.59. The quantitative estimate of drug-likeness (QED) is 0.652. The minimum atomic E-state index is -0.652. The molecule has 1 amide bonds. The largest absolute Gasteiger partial charge is 0.375 e. The summed E-state index contributed by atoms with van der Waals surface area (Å²) < 4.78 is 5.51. The SMILES string of the molecule is C[C@H]1CN(c2ccc(NC(=O)c3[nH]ncc3[N+](=O)[O-])cc2)CCO1. The fraction of sp³-hybridized carbons (Fsp3) is 0.333. The fourth-order valence-corrected chi connectivity index (χ4v) is 2.59. The van der Waals surface area contributed by atoms with Crippen molar-refractivity contribution in [3.05, 3.63) is 46.3 Å². The van der Waals surface area contributed by atoms with Crippen molar-refractivity contribution in [2.75, 3.05) is 29.9 Å². The van der Waals surface area contributed by atoms with E-state index < -0.39 is 10.8 Å². The number of nitrogens with zero attached hydrogens (tertiary/aromatic N) is 3. The number of nitrogens with one attached hydrogen (secondary N) is 2. The third-order valence-electron chi connectivity index (χ3n) is 3.77. The molecule has 1 fully saturated rings. The summed E-state index contributed by atoms with van der Waals surface area (Å²) in [5.41, 5.74) is 1.06. The lowest BCUT2D eigenvalue weighted by molar-refractivity contribution is -0.385. The van der Waals surface area contributed by atoms with Crippen LogP contribution in [0.3, 0.4) is 0 Å². The van der Waals surface area contributed by atoms with Crippen LogP contribution in [0.5, 0.6) is 0 Å². The number of H-pyrrole nitrogens is 1. The van der Waals surface area contributed by atoms with E-state index in [0.717, 1.165) is 25.0 Å². The van der Waals surface area contributed by atoms with Gasteiger partial charge in [-0.25, -0.2) is 0 Å². The van der Waals surface area contributed by atoms with Crippen LogP contribution < -0.4 is 10.2 Å². The van der Waals surface area contributed by atoms with Crippen LogP contribution in [0.25, 0.3) is 0 Å². The zero-order chi connectivity index (χ0) is 17.1. The number of carbonyl (C=O) groups excluding carboxylic acids is 1. The molecule has 1 saturated heterocycles. The summed E-state index contributed by atoms with van der Waals surface area (Å²) in [6, 6.07) is 7.31. The van der Waals surface area contributed by atoms with E-state index >= 15 is 0 Å². The molecule has 0 spiro atoms. The van der Waals surface area contributed by atoms with Crippen molar-refractivity contribution in [3.8, 4) is 0 Å². The van der Waals surface area contributed by atoms with E-state index in [1.807, 2.05) is 19.1 Å². The highest BCUT2D eigenvalue weighted by Crippen LogP contribution is 2.22. The highest BCUT2D eigenvalue weighted by atomic mass is 16.6. The molecule has 0 bridgehead atoms. The summed E-state index contributed by atoms with van der Waals surface area (Å²) in [5, 5.41) is 19.3. The monoisotopic (exact) mass is 331 g/mol. The Labute approximate surface area is 137 Å². The van der Waals surface area contributed by atoms with Gasteiger partial charge in [0.1, 0.15) is 6.20 Å². The Morgan fingerprint density at radius 3 is 2.88 bits per heavy atom. The van der Waals surface area contributed by atoms with Gasteiger partial charge in [-0.1, -0.05) is 0 Å². The zero-order valence-corrected chi connectivity index (χ0v) is 13.1. The van der Waals surface area contributed by atoms with E-state index in [2.05, 4.69) is 20.4 Å². The van der Waals surface area contributed by atoms with E-state index in [4.69, 9.17) is 4.74 Å². The lowest BCUT2D eigenvalue weighted by atomic mass is 10.2. The first-order valence-electron chi connectivity index (χ1n) is 7.50. The van der Waals surface area contributed by atoms with Gasteiger partial charge in [0.05, 0.1) is 17.6 Å². The molecule has 126 valence electrons. The molecular weight excluding hydrogens is 314 g/mol. The first-order chi connectivity index (χ1) is 11.5. The summed E-state index contributed by atoms with van der Waals surface area (Å²) in [5.74, 6) is -0.605. The Morgan fingerprint density at radius 2 is 2.21 bits per heavy atom. The van der Waals surface area contributed by atoms with Gasteiger partial charge in [0.25, 0.3) is 5.91 Å². The lowest BCUT2D eigenvalue weighted by Crippen LogP contribution is -2.41. The smallest absolute Gasteiger partial charge is 0.319 e. The number of aromatic nitrogens is 2. The topological polar surface area (TPSA) is 113 Å². The van der Waals surface area contributed by atoms with Crippen molar-refractivity contribution in [3.63, 3.8) is 0 Å². The third kappa shape index (κ3) is 3.35. The van der Waals surface area contributed by atoms with Crippen molar-refractivity contribution >= 4 is 23.0 Å². The number of hydrogen-bond donors (Lipinski definition) is 2. The Morgan fingerprint density at radius 1 is 1.46 bits per heavy atom. The molecule has 1 aliphatic heterocycles. The van der Waals surface area contributed by atoms with Crippen LogP contribution in [0.1, 0.15) is 17.4 Å². The van der Waals surface area contributed by atoms with Gasteiger partial charge >= 0.3 is 5.69 Å². The first-order valence-corrected chi connectivity index (χ1v) is 7.50. The lowest BCUT2D eigenvalue weighted by Gasteiger charge is -2.33. The van der Waals surface area contributed by atoms with Gasteiger partial charge in [0.15, 0.2) is 0 Å². The van der Waals surface area contributed by atoms with E-state index in [-0.39, 0.29) is 17.5 Å². The van der Waals surface area contributed by atoms with E-state index in [1.165, 1.54) is 0 Å². The van der Waals surface area contributed by atoms with Gasteiger partial charge in [-0.15, -0.1) is 0 Å². The number of benzene rings is 1. The average molecular weight is 331 g/mol. The number of ether oxygens (including phenoxy) is 1. The molecule has 0 aliphatic carbocycles. The Kier molecular flexibility index (Phi) is 4.43. The number of amides is 1. The standard InChI is InChI=1S/C15H17N5O4/c1-10-9-19(6-7-24-10)12-4-2-11(3-5-12)17-15(21)14-13(20(22)23)8-16-18-14/h2-5,8,10H,6-7,9H2,1H3,(H,16,18)(H,17,21)/t10-/m0/s1. The summed E-state index contributed by atoms with van der Waals surface area (Å²) in [6.07, 6.45) is 1.19. The van der Waals surface area contributed by atoms with Gasteiger partial charge in [-0.05, 0) is 31.2 Å². The average Bonchev–Trinajstić information content (AvgIpc) is 3.05. The maximum Gasteiger partial charge on any atom is 0.319 e. The normalized spacial score (nSPS) is 17.5. The van der Waals surface area contributed by atoms with Crippen LogP contribution in [0, 0.1) is 10.1 Å². The molecule has 1 aromatic carbocycles. The molecule has 1 aromatic heterocycles. The number of morpholine rings is 1. The van der Waals surface area contributed by atoms with Crippen molar-refractivity contribution in [1.29, 1.82) is 0 Å². The number of hydrogen-bond acceptors (Lipinski definition) is 6. The number of nitro groups is 1. The summed E-state index contributed by atoms with van der Waals surface area (Å²) >= 11 is 0. The zero-order valence-electron chi connectivity index (χ0n) is 13.1. The van der Waals surface area contributed by atoms with Crippen molar-refractivity contribution in [2.45, 2.75) is 13.0 Å². The van der Waals surface area contributed by atoms with E-state index in [1.54, 1.807) is 12.1 Å².